The van der Waals surface area contributed by atoms with Crippen LogP contribution in [0.4, 0.5) is 5.69 Å². The first-order valence-corrected chi connectivity index (χ1v) is 6.39. The number of ketones is 2. The Morgan fingerprint density at radius 2 is 2.19 bits per heavy atom. The molecule has 21 heavy (non-hydrogen) atoms. The normalized spacial score (nSPS) is 25.4. The summed E-state index contributed by atoms with van der Waals surface area (Å²) in [4.78, 5) is 40.8. The van der Waals surface area contributed by atoms with Crippen LogP contribution in [0, 0.1) is 6.92 Å². The molecule has 2 N–H and O–H groups in total. The van der Waals surface area contributed by atoms with Crippen molar-refractivity contribution in [3.05, 3.63) is 34.3 Å². The predicted octanol–water partition coefficient (Wildman–Crippen LogP) is 1.15. The number of fused-ring (bicyclic) bond motifs is 1. The third-order valence-corrected chi connectivity index (χ3v) is 3.49. The molecule has 1 aromatic carbocycles. The molecule has 1 fully saturated rings. The molecule has 1 heterocycles. The Morgan fingerprint density at radius 1 is 1.43 bits per heavy atom. The fourth-order valence-electron chi connectivity index (χ4n) is 2.52. The lowest BCUT2D eigenvalue weighted by Crippen LogP contribution is -2.36. The highest BCUT2D eigenvalue weighted by atomic mass is 16.2. The van der Waals surface area contributed by atoms with Crippen LogP contribution in [0.2, 0.25) is 0 Å². The first kappa shape index (κ1) is 9.44. The second-order valence-electron chi connectivity index (χ2n) is 4.91. The SMILES string of the molecule is [2H]c1c([2H])c(N)c2c(=O)n(C3C(=O)CC(=O)CC3[2H])c(C)nc2c1[2H]. The van der Waals surface area contributed by atoms with E-state index in [2.05, 4.69) is 4.98 Å². The molecule has 2 atom stereocenters. The number of hydrogen-bond acceptors (Lipinski definition) is 5. The summed E-state index contributed by atoms with van der Waals surface area (Å²) in [5.74, 6) is -0.802. The molecule has 2 unspecified atom stereocenters. The van der Waals surface area contributed by atoms with Crippen molar-refractivity contribution in [3.63, 3.8) is 0 Å². The number of benzene rings is 1. The van der Waals surface area contributed by atoms with Crippen LogP contribution in [0.1, 0.15) is 36.6 Å². The predicted molar refractivity (Wildman–Crippen MR) is 78.1 cm³/mol. The van der Waals surface area contributed by atoms with Crippen LogP contribution in [0.15, 0.2) is 22.9 Å². The number of Topliss-reactive ketones (excluding diaryl/α,β-unsaturated/α-hetero) is 2. The van der Waals surface area contributed by atoms with Gasteiger partial charge in [-0.3, -0.25) is 19.0 Å². The van der Waals surface area contributed by atoms with E-state index in [9.17, 15) is 14.4 Å². The molecule has 0 aliphatic heterocycles. The topological polar surface area (TPSA) is 95.0 Å². The van der Waals surface area contributed by atoms with E-state index in [1.54, 1.807) is 0 Å². The standard InChI is InChI=1S/C15H15N3O3/c1-8-17-11-4-2-3-10(16)14(11)15(21)18(8)12-6-5-9(19)7-13(12)20/h2-4,12H,5-7,16H2,1H3/i2D,3D,4D,6D. The Hall–Kier alpha value is -2.50. The summed E-state index contributed by atoms with van der Waals surface area (Å²) in [6.45, 7) is 1.45. The molecule has 6 nitrogen and oxygen atoms in total. The van der Waals surface area contributed by atoms with Crippen molar-refractivity contribution in [2.45, 2.75) is 32.2 Å². The van der Waals surface area contributed by atoms with E-state index >= 15 is 0 Å². The third kappa shape index (κ3) is 2.12. The Kier molecular flexibility index (Phi) is 2.16. The van der Waals surface area contributed by atoms with Gasteiger partial charge in [0, 0.05) is 13.5 Å². The molecule has 108 valence electrons. The summed E-state index contributed by atoms with van der Waals surface area (Å²) in [5, 5.41) is -0.214. The van der Waals surface area contributed by atoms with Crippen LogP contribution in [0.5, 0.6) is 0 Å². The number of carbonyl (C=O) groups excluding carboxylic acids is 2. The maximum atomic E-state index is 13.0. The average Bonchev–Trinajstić information content (AvgIpc) is 2.52. The van der Waals surface area contributed by atoms with Crippen molar-refractivity contribution in [1.82, 2.24) is 9.55 Å². The highest BCUT2D eigenvalue weighted by molar-refractivity contribution is 6.03. The second kappa shape index (κ2) is 4.80. The number of carbonyl (C=O) groups is 2. The number of aromatic nitrogens is 2. The molecular weight excluding hydrogens is 270 g/mol. The molecule has 6 heteroatoms. The zero-order chi connectivity index (χ0) is 18.6. The Bertz CT molecular complexity index is 1000. The van der Waals surface area contributed by atoms with E-state index < -0.39 is 41.9 Å². The van der Waals surface area contributed by atoms with Crippen LogP contribution >= 0.6 is 0 Å². The summed E-state index contributed by atoms with van der Waals surface area (Å²) in [7, 11) is 0. The number of hydrogen-bond donors (Lipinski definition) is 1. The Balaban J connectivity index is 2.37. The average molecular weight is 289 g/mol. The lowest BCUT2D eigenvalue weighted by atomic mass is 9.92. The lowest BCUT2D eigenvalue weighted by molar-refractivity contribution is -0.132. The molecule has 0 radical (unpaired) electrons. The van der Waals surface area contributed by atoms with Crippen molar-refractivity contribution < 1.29 is 15.1 Å². The summed E-state index contributed by atoms with van der Waals surface area (Å²) < 4.78 is 32.5. The van der Waals surface area contributed by atoms with E-state index in [1.165, 1.54) is 6.92 Å². The molecule has 2 aromatic rings. The van der Waals surface area contributed by atoms with Crippen molar-refractivity contribution in [1.29, 1.82) is 0 Å². The molecule has 0 saturated heterocycles. The number of nitrogens with two attached hydrogens (primary N) is 1. The number of anilines is 1. The van der Waals surface area contributed by atoms with Gasteiger partial charge < -0.3 is 5.73 Å². The Labute approximate surface area is 126 Å². The van der Waals surface area contributed by atoms with Crippen LogP contribution in [-0.4, -0.2) is 21.1 Å². The van der Waals surface area contributed by atoms with E-state index in [0.717, 1.165) is 4.57 Å². The number of rotatable bonds is 1. The smallest absolute Gasteiger partial charge is 0.264 e. The number of nitrogens with zero attached hydrogens (tertiary/aromatic N) is 2. The van der Waals surface area contributed by atoms with Crippen LogP contribution in [0.25, 0.3) is 10.9 Å². The highest BCUT2D eigenvalue weighted by Crippen LogP contribution is 2.24. The van der Waals surface area contributed by atoms with Crippen LogP contribution < -0.4 is 11.3 Å². The fraction of sp³-hybridized carbons (Fsp3) is 0.333. The number of aryl methyl sites for hydroxylation is 1. The lowest BCUT2D eigenvalue weighted by Gasteiger charge is -2.24. The molecule has 0 spiro atoms. The van der Waals surface area contributed by atoms with Gasteiger partial charge in [-0.2, -0.15) is 0 Å². The van der Waals surface area contributed by atoms with Gasteiger partial charge in [0.15, 0.2) is 5.78 Å². The van der Waals surface area contributed by atoms with Gasteiger partial charge in [0.25, 0.3) is 5.56 Å². The zero-order valence-electron chi connectivity index (χ0n) is 15.3. The van der Waals surface area contributed by atoms with Gasteiger partial charge in [-0.25, -0.2) is 4.98 Å². The quantitative estimate of drug-likeness (QED) is 0.627. The van der Waals surface area contributed by atoms with Gasteiger partial charge in [0.2, 0.25) is 0 Å². The van der Waals surface area contributed by atoms with E-state index in [1.807, 2.05) is 0 Å². The largest absolute Gasteiger partial charge is 0.398 e. The van der Waals surface area contributed by atoms with E-state index in [-0.39, 0.29) is 41.0 Å². The molecule has 1 aliphatic rings. The maximum Gasteiger partial charge on any atom is 0.264 e. The van der Waals surface area contributed by atoms with Gasteiger partial charge in [-0.1, -0.05) is 6.04 Å². The van der Waals surface area contributed by atoms with Crippen molar-refractivity contribution >= 4 is 28.2 Å². The zero-order valence-corrected chi connectivity index (χ0v) is 11.3. The monoisotopic (exact) mass is 289 g/mol. The first-order chi connectivity index (χ1) is 11.6. The highest BCUT2D eigenvalue weighted by Gasteiger charge is 2.30. The molecule has 1 aromatic heterocycles. The summed E-state index contributed by atoms with van der Waals surface area (Å²) >= 11 is 0. The summed E-state index contributed by atoms with van der Waals surface area (Å²) in [6.07, 6.45) is -1.61. The van der Waals surface area contributed by atoms with Crippen molar-refractivity contribution in [3.8, 4) is 0 Å². The minimum absolute atomic E-state index is 0.0903. The first-order valence-electron chi connectivity index (χ1n) is 8.47. The van der Waals surface area contributed by atoms with Crippen LogP contribution in [0.3, 0.4) is 0 Å². The summed E-state index contributed by atoms with van der Waals surface area (Å²) in [6, 6.07) is -2.46. The minimum atomic E-state index is -1.17. The van der Waals surface area contributed by atoms with E-state index in [4.69, 9.17) is 11.2 Å². The molecule has 1 aliphatic carbocycles. The van der Waals surface area contributed by atoms with Gasteiger partial charge in [-0.15, -0.1) is 0 Å². The molecule has 3 rings (SSSR count). The second-order valence-corrected chi connectivity index (χ2v) is 4.91. The van der Waals surface area contributed by atoms with Crippen molar-refractivity contribution in [2.75, 3.05) is 5.73 Å². The van der Waals surface area contributed by atoms with Gasteiger partial charge in [0.05, 0.1) is 27.5 Å². The van der Waals surface area contributed by atoms with Gasteiger partial charge in [-0.05, 0) is 25.4 Å². The summed E-state index contributed by atoms with van der Waals surface area (Å²) in [5.41, 5.74) is 4.65. The fourth-order valence-corrected chi connectivity index (χ4v) is 2.52. The minimum Gasteiger partial charge on any atom is -0.398 e. The van der Waals surface area contributed by atoms with Crippen molar-refractivity contribution in [2.24, 2.45) is 0 Å². The molecule has 1 saturated carbocycles. The van der Waals surface area contributed by atoms with Crippen LogP contribution in [-0.2, 0) is 9.59 Å². The molecular formula is C15H15N3O3. The molecule has 0 amide bonds. The third-order valence-electron chi connectivity index (χ3n) is 3.49. The molecule has 0 bridgehead atoms. The maximum absolute atomic E-state index is 13.0. The van der Waals surface area contributed by atoms with E-state index in [0.29, 0.717) is 0 Å². The Morgan fingerprint density at radius 3 is 2.90 bits per heavy atom. The van der Waals surface area contributed by atoms with Gasteiger partial charge in [0.1, 0.15) is 11.6 Å². The van der Waals surface area contributed by atoms with Gasteiger partial charge >= 0.3 is 0 Å². The number of nitrogen functional groups attached to an aromatic ring is 1.